The molecule has 0 spiro atoms. The maximum Gasteiger partial charge on any atom is 0.271 e. The van der Waals surface area contributed by atoms with Crippen LogP contribution >= 0.6 is 11.8 Å². The molecule has 33 heavy (non-hydrogen) atoms. The van der Waals surface area contributed by atoms with Crippen molar-refractivity contribution in [3.05, 3.63) is 77.0 Å². The van der Waals surface area contributed by atoms with Gasteiger partial charge in [0.15, 0.2) is 10.9 Å². The van der Waals surface area contributed by atoms with E-state index >= 15 is 0 Å². The third-order valence-electron chi connectivity index (χ3n) is 4.69. The second kappa shape index (κ2) is 9.57. The largest absolute Gasteiger partial charge is 0.495 e. The summed E-state index contributed by atoms with van der Waals surface area (Å²) in [7, 11) is 1.42. The fourth-order valence-corrected chi connectivity index (χ4v) is 3.94. The summed E-state index contributed by atoms with van der Waals surface area (Å²) in [5, 5.41) is 22.2. The third-order valence-corrected chi connectivity index (χ3v) is 5.74. The number of thioether (sulfide) groups is 1. The zero-order valence-electron chi connectivity index (χ0n) is 17.7. The smallest absolute Gasteiger partial charge is 0.271 e. The molecule has 4 aromatic rings. The SMILES string of the molecule is COc1ccc([N+](=O)[O-])cc1NC(=O)C(C)Sc1nnc(-c2ccco2)n1-c1ccccc1. The van der Waals surface area contributed by atoms with Gasteiger partial charge >= 0.3 is 0 Å². The lowest BCUT2D eigenvalue weighted by Crippen LogP contribution is -2.23. The number of hydrogen-bond donors (Lipinski definition) is 1. The Bertz CT molecular complexity index is 1270. The molecule has 0 saturated heterocycles. The Morgan fingerprint density at radius 2 is 1.97 bits per heavy atom. The fourth-order valence-electron chi connectivity index (χ4n) is 3.07. The van der Waals surface area contributed by atoms with E-state index in [0.29, 0.717) is 22.5 Å². The van der Waals surface area contributed by atoms with E-state index in [-0.39, 0.29) is 17.3 Å². The number of furan rings is 1. The molecule has 2 aromatic heterocycles. The standard InChI is InChI=1S/C22H19N5O5S/c1-14(21(28)23-17-13-16(27(29)30)10-11-18(17)31-2)33-22-25-24-20(19-9-6-12-32-19)26(22)15-7-4-3-5-8-15/h3-14H,1-2H3,(H,23,28). The minimum absolute atomic E-state index is 0.154. The van der Waals surface area contributed by atoms with E-state index in [2.05, 4.69) is 15.5 Å². The quantitative estimate of drug-likeness (QED) is 0.228. The van der Waals surface area contributed by atoms with Crippen LogP contribution in [0.1, 0.15) is 6.92 Å². The average molecular weight is 465 g/mol. The van der Waals surface area contributed by atoms with E-state index in [9.17, 15) is 14.9 Å². The van der Waals surface area contributed by atoms with Crippen LogP contribution in [0.25, 0.3) is 17.3 Å². The van der Waals surface area contributed by atoms with Crippen molar-refractivity contribution in [3.8, 4) is 23.0 Å². The van der Waals surface area contributed by atoms with Crippen LogP contribution in [0.15, 0.2) is 76.5 Å². The van der Waals surface area contributed by atoms with E-state index < -0.39 is 10.2 Å². The maximum atomic E-state index is 12.9. The van der Waals surface area contributed by atoms with Gasteiger partial charge in [-0.2, -0.15) is 0 Å². The second-order valence-corrected chi connectivity index (χ2v) is 8.15. The minimum atomic E-state index is -0.606. The molecule has 2 aromatic carbocycles. The molecular weight excluding hydrogens is 446 g/mol. The van der Waals surface area contributed by atoms with Crippen molar-refractivity contribution in [1.29, 1.82) is 0 Å². The fraction of sp³-hybridized carbons (Fsp3) is 0.136. The van der Waals surface area contributed by atoms with E-state index in [1.807, 2.05) is 30.3 Å². The lowest BCUT2D eigenvalue weighted by molar-refractivity contribution is -0.384. The van der Waals surface area contributed by atoms with E-state index in [1.165, 1.54) is 37.1 Å². The Labute approximate surface area is 192 Å². The predicted molar refractivity (Wildman–Crippen MR) is 123 cm³/mol. The molecule has 1 atom stereocenters. The Kier molecular flexibility index (Phi) is 6.41. The number of hydrogen-bond acceptors (Lipinski definition) is 8. The number of benzene rings is 2. The van der Waals surface area contributed by atoms with Gasteiger partial charge in [0.05, 0.1) is 29.2 Å². The van der Waals surface area contributed by atoms with Crippen molar-refractivity contribution < 1.29 is 18.9 Å². The van der Waals surface area contributed by atoms with E-state index in [1.54, 1.807) is 29.9 Å². The van der Waals surface area contributed by atoms with Crippen LogP contribution in [0.4, 0.5) is 11.4 Å². The summed E-state index contributed by atoms with van der Waals surface area (Å²) in [6, 6.07) is 17.0. The average Bonchev–Trinajstić information content (AvgIpc) is 3.49. The summed E-state index contributed by atoms with van der Waals surface area (Å²) in [4.78, 5) is 23.5. The van der Waals surface area contributed by atoms with Crippen LogP contribution in [0.3, 0.4) is 0 Å². The molecule has 0 aliphatic heterocycles. The molecule has 0 saturated carbocycles. The molecule has 0 aliphatic rings. The van der Waals surface area contributed by atoms with Gasteiger partial charge in [-0.05, 0) is 37.3 Å². The molecule has 1 amide bonds. The van der Waals surface area contributed by atoms with Gasteiger partial charge in [-0.3, -0.25) is 19.5 Å². The molecule has 2 heterocycles. The molecular formula is C22H19N5O5S. The highest BCUT2D eigenvalue weighted by molar-refractivity contribution is 8.00. The zero-order chi connectivity index (χ0) is 23.4. The molecule has 4 rings (SSSR count). The maximum absolute atomic E-state index is 12.9. The number of methoxy groups -OCH3 is 1. The van der Waals surface area contributed by atoms with Crippen LogP contribution < -0.4 is 10.1 Å². The Morgan fingerprint density at radius 1 is 1.18 bits per heavy atom. The molecule has 11 heteroatoms. The first-order valence-corrected chi connectivity index (χ1v) is 10.7. The number of nitrogens with zero attached hydrogens (tertiary/aromatic N) is 4. The first kappa shape index (κ1) is 22.1. The number of rotatable bonds is 8. The Balaban J connectivity index is 1.60. The number of carbonyl (C=O) groups is 1. The number of nitro groups is 1. The summed E-state index contributed by atoms with van der Waals surface area (Å²) in [5.74, 6) is 0.984. The van der Waals surface area contributed by atoms with Crippen LogP contribution in [-0.4, -0.2) is 38.0 Å². The molecule has 0 radical (unpaired) electrons. The monoisotopic (exact) mass is 465 g/mol. The summed E-state index contributed by atoms with van der Waals surface area (Å²) < 4.78 is 12.5. The van der Waals surface area contributed by atoms with E-state index in [4.69, 9.17) is 9.15 Å². The number of amides is 1. The molecule has 1 unspecified atom stereocenters. The zero-order valence-corrected chi connectivity index (χ0v) is 18.5. The molecule has 0 fully saturated rings. The highest BCUT2D eigenvalue weighted by Gasteiger charge is 2.24. The second-order valence-electron chi connectivity index (χ2n) is 6.85. The molecule has 0 aliphatic carbocycles. The summed E-state index contributed by atoms with van der Waals surface area (Å²) in [6.07, 6.45) is 1.55. The summed E-state index contributed by atoms with van der Waals surface area (Å²) in [5.41, 5.74) is 0.868. The van der Waals surface area contributed by atoms with Crippen LogP contribution in [0.5, 0.6) is 5.75 Å². The Morgan fingerprint density at radius 3 is 2.64 bits per heavy atom. The van der Waals surface area contributed by atoms with Gasteiger partial charge in [0.1, 0.15) is 5.75 Å². The minimum Gasteiger partial charge on any atom is -0.495 e. The summed E-state index contributed by atoms with van der Waals surface area (Å²) >= 11 is 1.20. The van der Waals surface area contributed by atoms with Gasteiger partial charge in [0.25, 0.3) is 5.69 Å². The molecule has 10 nitrogen and oxygen atoms in total. The predicted octanol–water partition coefficient (Wildman–Crippen LogP) is 4.56. The molecule has 1 N–H and O–H groups in total. The van der Waals surface area contributed by atoms with Gasteiger partial charge in [-0.15, -0.1) is 10.2 Å². The number of nitro benzene ring substituents is 1. The number of para-hydroxylation sites is 1. The van der Waals surface area contributed by atoms with Crippen molar-refractivity contribution >= 4 is 29.0 Å². The van der Waals surface area contributed by atoms with E-state index in [0.717, 1.165) is 5.69 Å². The highest BCUT2D eigenvalue weighted by Crippen LogP contribution is 2.32. The van der Waals surface area contributed by atoms with Crippen molar-refractivity contribution in [2.75, 3.05) is 12.4 Å². The number of ether oxygens (including phenoxy) is 1. The number of carbonyl (C=O) groups excluding carboxylic acids is 1. The van der Waals surface area contributed by atoms with Gasteiger partial charge in [0, 0.05) is 17.8 Å². The van der Waals surface area contributed by atoms with Crippen LogP contribution in [-0.2, 0) is 4.79 Å². The van der Waals surface area contributed by atoms with Gasteiger partial charge in [0.2, 0.25) is 11.7 Å². The van der Waals surface area contributed by atoms with Gasteiger partial charge in [-0.25, -0.2) is 0 Å². The molecule has 0 bridgehead atoms. The highest BCUT2D eigenvalue weighted by atomic mass is 32.2. The first-order chi connectivity index (χ1) is 16.0. The van der Waals surface area contributed by atoms with Crippen molar-refractivity contribution in [1.82, 2.24) is 14.8 Å². The van der Waals surface area contributed by atoms with Crippen molar-refractivity contribution in [2.45, 2.75) is 17.3 Å². The first-order valence-electron chi connectivity index (χ1n) is 9.82. The van der Waals surface area contributed by atoms with Crippen LogP contribution in [0.2, 0.25) is 0 Å². The number of nitrogens with one attached hydrogen (secondary N) is 1. The molecule has 168 valence electrons. The van der Waals surface area contributed by atoms with Crippen molar-refractivity contribution in [2.24, 2.45) is 0 Å². The number of anilines is 1. The normalized spacial score (nSPS) is 11.7. The number of aromatic nitrogens is 3. The Hall–Kier alpha value is -4.12. The number of non-ortho nitro benzene ring substituents is 1. The van der Waals surface area contributed by atoms with Gasteiger partial charge in [-0.1, -0.05) is 30.0 Å². The lowest BCUT2D eigenvalue weighted by Gasteiger charge is -2.15. The third kappa shape index (κ3) is 4.72. The topological polar surface area (TPSA) is 125 Å². The van der Waals surface area contributed by atoms with Gasteiger partial charge < -0.3 is 14.5 Å². The summed E-state index contributed by atoms with van der Waals surface area (Å²) in [6.45, 7) is 1.71. The van der Waals surface area contributed by atoms with Crippen LogP contribution in [0, 0.1) is 10.1 Å². The van der Waals surface area contributed by atoms with Crippen molar-refractivity contribution in [3.63, 3.8) is 0 Å². The lowest BCUT2D eigenvalue weighted by atomic mass is 10.2.